The maximum atomic E-state index is 13.7. The van der Waals surface area contributed by atoms with Gasteiger partial charge in [-0.3, -0.25) is 9.78 Å². The summed E-state index contributed by atoms with van der Waals surface area (Å²) in [6.45, 7) is 7.62. The van der Waals surface area contributed by atoms with E-state index in [1.54, 1.807) is 12.1 Å². The first-order valence-electron chi connectivity index (χ1n) is 12.4. The first-order valence-corrected chi connectivity index (χ1v) is 12.8. The number of halogens is 2. The average molecular weight is 538 g/mol. The monoisotopic (exact) mass is 537 g/mol. The second-order valence-electron chi connectivity index (χ2n) is 8.76. The highest BCUT2D eigenvalue weighted by Crippen LogP contribution is 2.37. The summed E-state index contributed by atoms with van der Waals surface area (Å²) in [5.41, 5.74) is 2.19. The molecule has 0 saturated carbocycles. The molecule has 0 unspecified atom stereocenters. The van der Waals surface area contributed by atoms with Gasteiger partial charge in [0.1, 0.15) is 23.7 Å². The van der Waals surface area contributed by atoms with Crippen LogP contribution in [0.1, 0.15) is 25.8 Å². The number of aromatic nitrogens is 1. The van der Waals surface area contributed by atoms with Crippen molar-refractivity contribution in [3.05, 3.63) is 65.1 Å². The topological polar surface area (TPSA) is 99.5 Å². The summed E-state index contributed by atoms with van der Waals surface area (Å²) < 4.78 is 25.3. The lowest BCUT2D eigenvalue weighted by atomic mass is 10.1. The van der Waals surface area contributed by atoms with Crippen molar-refractivity contribution in [2.75, 3.05) is 43.5 Å². The molecule has 0 spiro atoms. The Balaban J connectivity index is 1.72. The second kappa shape index (κ2) is 12.7. The first kappa shape index (κ1) is 27.3. The number of carbonyl (C=O) groups excluding carboxylic acids is 1. The highest BCUT2D eigenvalue weighted by atomic mass is 35.5. The van der Waals surface area contributed by atoms with Crippen LogP contribution in [-0.2, 0) is 9.53 Å². The van der Waals surface area contributed by atoms with E-state index in [2.05, 4.69) is 40.4 Å². The number of rotatable bonds is 10. The lowest BCUT2D eigenvalue weighted by Crippen LogP contribution is -2.23. The number of ether oxygens (including phenoxy) is 2. The van der Waals surface area contributed by atoms with E-state index in [1.807, 2.05) is 6.08 Å². The number of anilines is 3. The Kier molecular flexibility index (Phi) is 9.13. The van der Waals surface area contributed by atoms with E-state index in [0.29, 0.717) is 53.5 Å². The zero-order valence-electron chi connectivity index (χ0n) is 21.3. The number of likely N-dealkylation sites (N-methyl/N-ethyl adjacent to an activating group) is 1. The Morgan fingerprint density at radius 1 is 1.34 bits per heavy atom. The molecule has 38 heavy (non-hydrogen) atoms. The smallest absolute Gasteiger partial charge is 0.248 e. The molecular formula is C28H29ClFN5O3. The number of fused-ring (bicyclic) bond motifs is 1. The fraction of sp³-hybridized carbons (Fsp3) is 0.321. The van der Waals surface area contributed by atoms with Gasteiger partial charge in [-0.15, -0.1) is 0 Å². The number of carbonyl (C=O) groups is 1. The van der Waals surface area contributed by atoms with Crippen molar-refractivity contribution in [2.45, 2.75) is 26.4 Å². The minimum Gasteiger partial charge on any atom is -0.486 e. The van der Waals surface area contributed by atoms with Crippen LogP contribution in [0, 0.1) is 17.1 Å². The van der Waals surface area contributed by atoms with Gasteiger partial charge in [0.05, 0.1) is 40.7 Å². The van der Waals surface area contributed by atoms with Crippen LogP contribution >= 0.6 is 11.6 Å². The summed E-state index contributed by atoms with van der Waals surface area (Å²) in [6.07, 6.45) is 5.34. The van der Waals surface area contributed by atoms with Gasteiger partial charge in [-0.1, -0.05) is 31.5 Å². The van der Waals surface area contributed by atoms with Crippen molar-refractivity contribution in [3.8, 4) is 11.8 Å². The largest absolute Gasteiger partial charge is 0.486 e. The van der Waals surface area contributed by atoms with Crippen LogP contribution in [0.4, 0.5) is 21.5 Å². The number of hydrogen-bond donors (Lipinski definition) is 2. The van der Waals surface area contributed by atoms with E-state index in [4.69, 9.17) is 21.1 Å². The van der Waals surface area contributed by atoms with E-state index < -0.39 is 5.82 Å². The number of nitrogens with one attached hydrogen (secondary N) is 2. The molecule has 1 aliphatic rings. The van der Waals surface area contributed by atoms with Crippen molar-refractivity contribution in [2.24, 2.45) is 0 Å². The van der Waals surface area contributed by atoms with Crippen molar-refractivity contribution < 1.29 is 18.7 Å². The molecule has 10 heteroatoms. The van der Waals surface area contributed by atoms with Crippen LogP contribution in [0.5, 0.6) is 5.75 Å². The predicted molar refractivity (Wildman–Crippen MR) is 147 cm³/mol. The lowest BCUT2D eigenvalue weighted by molar-refractivity contribution is -0.111. The summed E-state index contributed by atoms with van der Waals surface area (Å²) in [5, 5.41) is 16.4. The number of hydrogen-bond acceptors (Lipinski definition) is 7. The van der Waals surface area contributed by atoms with Crippen molar-refractivity contribution >= 4 is 45.5 Å². The van der Waals surface area contributed by atoms with E-state index in [-0.39, 0.29) is 22.6 Å². The SMILES string of the molecule is CCN(CC)C/C=C/C(=O)Nc1cc2c(Nc3ccc(F)c(Cl)c3)c(C#N)cnc2cc1O[C@H]1CCOC1. The summed E-state index contributed by atoms with van der Waals surface area (Å²) in [5.74, 6) is -0.409. The Hall–Kier alpha value is -3.71. The first-order chi connectivity index (χ1) is 18.4. The molecule has 3 aromatic rings. The van der Waals surface area contributed by atoms with Crippen molar-refractivity contribution in [3.63, 3.8) is 0 Å². The molecule has 1 saturated heterocycles. The Morgan fingerprint density at radius 3 is 2.84 bits per heavy atom. The summed E-state index contributed by atoms with van der Waals surface area (Å²) in [4.78, 5) is 19.5. The predicted octanol–water partition coefficient (Wildman–Crippen LogP) is 5.65. The van der Waals surface area contributed by atoms with Crippen LogP contribution in [0.3, 0.4) is 0 Å². The maximum Gasteiger partial charge on any atom is 0.248 e. The summed E-state index contributed by atoms with van der Waals surface area (Å²) in [6, 6.07) is 9.78. The molecule has 0 radical (unpaired) electrons. The van der Waals surface area contributed by atoms with Crippen LogP contribution < -0.4 is 15.4 Å². The van der Waals surface area contributed by atoms with E-state index in [0.717, 1.165) is 19.5 Å². The van der Waals surface area contributed by atoms with Gasteiger partial charge in [-0.05, 0) is 37.4 Å². The molecule has 1 aromatic heterocycles. The normalized spacial score (nSPS) is 15.2. The van der Waals surface area contributed by atoms with E-state index in [1.165, 1.54) is 30.5 Å². The molecule has 1 fully saturated rings. The molecule has 4 rings (SSSR count). The molecule has 2 heterocycles. The van der Waals surface area contributed by atoms with E-state index >= 15 is 0 Å². The van der Waals surface area contributed by atoms with Gasteiger partial charge >= 0.3 is 0 Å². The lowest BCUT2D eigenvalue weighted by Gasteiger charge is -2.18. The number of nitriles is 1. The minimum absolute atomic E-state index is 0.0502. The van der Waals surface area contributed by atoms with Gasteiger partial charge in [0.2, 0.25) is 5.91 Å². The summed E-state index contributed by atoms with van der Waals surface area (Å²) in [7, 11) is 0. The quantitative estimate of drug-likeness (QED) is 0.322. The van der Waals surface area contributed by atoms with Crippen LogP contribution in [-0.4, -0.2) is 54.7 Å². The van der Waals surface area contributed by atoms with Crippen molar-refractivity contribution in [1.82, 2.24) is 9.88 Å². The molecule has 198 valence electrons. The van der Waals surface area contributed by atoms with Crippen molar-refractivity contribution in [1.29, 1.82) is 5.26 Å². The highest BCUT2D eigenvalue weighted by molar-refractivity contribution is 6.31. The van der Waals surface area contributed by atoms with Gasteiger partial charge in [-0.25, -0.2) is 4.39 Å². The van der Waals surface area contributed by atoms with E-state index in [9.17, 15) is 14.4 Å². The molecule has 0 bridgehead atoms. The molecule has 2 N–H and O–H groups in total. The summed E-state index contributed by atoms with van der Waals surface area (Å²) >= 11 is 5.96. The third-order valence-electron chi connectivity index (χ3n) is 6.25. The molecule has 1 amide bonds. The standard InChI is InChI=1S/C28H29ClFN5O3/c1-3-35(4-2)10-5-6-27(36)34-25-13-21-24(14-26(25)38-20-9-11-37-17-20)32-16-18(15-31)28(21)33-19-7-8-23(30)22(29)12-19/h5-8,12-14,16,20H,3-4,9-11,17H2,1-2H3,(H,32,33)(H,34,36)/b6-5+/t20-/m0/s1. The van der Waals surface area contributed by atoms with Crippen LogP contribution in [0.2, 0.25) is 5.02 Å². The molecule has 1 atom stereocenters. The number of amides is 1. The molecule has 1 aliphatic heterocycles. The molecular weight excluding hydrogens is 509 g/mol. The number of pyridine rings is 1. The third kappa shape index (κ3) is 6.58. The fourth-order valence-electron chi connectivity index (χ4n) is 4.10. The van der Waals surface area contributed by atoms with Crippen LogP contribution in [0.15, 0.2) is 48.7 Å². The van der Waals surface area contributed by atoms with Gasteiger partial charge in [0.15, 0.2) is 0 Å². The molecule has 8 nitrogen and oxygen atoms in total. The number of benzene rings is 2. The Labute approximate surface area is 226 Å². The van der Waals surface area contributed by atoms with Crippen LogP contribution in [0.25, 0.3) is 10.9 Å². The zero-order chi connectivity index (χ0) is 27.1. The second-order valence-corrected chi connectivity index (χ2v) is 9.17. The highest BCUT2D eigenvalue weighted by Gasteiger charge is 2.21. The minimum atomic E-state index is -0.547. The molecule has 0 aliphatic carbocycles. The van der Waals surface area contributed by atoms with Gasteiger partial charge in [0, 0.05) is 42.4 Å². The fourth-order valence-corrected chi connectivity index (χ4v) is 4.28. The number of nitrogens with zero attached hydrogens (tertiary/aromatic N) is 3. The van der Waals surface area contributed by atoms with Gasteiger partial charge < -0.3 is 25.0 Å². The molecule has 2 aromatic carbocycles. The average Bonchev–Trinajstić information content (AvgIpc) is 3.42. The zero-order valence-corrected chi connectivity index (χ0v) is 22.0. The Bertz CT molecular complexity index is 1380. The van der Waals surface area contributed by atoms with Gasteiger partial charge in [0.25, 0.3) is 0 Å². The Morgan fingerprint density at radius 2 is 2.16 bits per heavy atom. The van der Waals surface area contributed by atoms with Gasteiger partial charge in [-0.2, -0.15) is 5.26 Å². The third-order valence-corrected chi connectivity index (χ3v) is 6.54. The maximum absolute atomic E-state index is 13.7.